The molecule has 0 unspecified atom stereocenters. The molecule has 2 aromatic rings. The molecule has 1 aliphatic heterocycles. The maximum atomic E-state index is 13.0. The van der Waals surface area contributed by atoms with Crippen LogP contribution in [0, 0.1) is 0 Å². The molecular weight excluding hydrogens is 464 g/mol. The van der Waals surface area contributed by atoms with Crippen molar-refractivity contribution < 1.29 is 24.2 Å². The van der Waals surface area contributed by atoms with E-state index in [1.807, 2.05) is 13.8 Å². The second-order valence-corrected chi connectivity index (χ2v) is 8.19. The zero-order chi connectivity index (χ0) is 24.0. The molecule has 0 bridgehead atoms. The van der Waals surface area contributed by atoms with Crippen molar-refractivity contribution in [1.82, 2.24) is 4.90 Å². The molecule has 172 valence electrons. The summed E-state index contributed by atoms with van der Waals surface area (Å²) >= 11 is 7.66. The van der Waals surface area contributed by atoms with Gasteiger partial charge >= 0.3 is 5.97 Å². The average Bonchev–Trinajstić information content (AvgIpc) is 3.07. The first-order chi connectivity index (χ1) is 15.9. The zero-order valence-corrected chi connectivity index (χ0v) is 19.8. The number of thioether (sulfide) groups is 1. The minimum atomic E-state index is -1.01. The van der Waals surface area contributed by atoms with Crippen molar-refractivity contribution in [3.63, 3.8) is 0 Å². The van der Waals surface area contributed by atoms with Crippen LogP contribution in [0.5, 0.6) is 11.5 Å². The Hall–Kier alpha value is -3.23. The topological polar surface area (TPSA) is 88.4 Å². The van der Waals surface area contributed by atoms with Crippen molar-refractivity contribution in [2.45, 2.75) is 13.8 Å². The van der Waals surface area contributed by atoms with Crippen LogP contribution in [-0.4, -0.2) is 46.8 Å². The van der Waals surface area contributed by atoms with Crippen LogP contribution in [0.4, 0.5) is 5.69 Å². The van der Waals surface area contributed by atoms with E-state index in [-0.39, 0.29) is 18.1 Å². The van der Waals surface area contributed by atoms with Crippen LogP contribution in [-0.2, 0) is 4.79 Å². The average molecular weight is 487 g/mol. The lowest BCUT2D eigenvalue weighted by Crippen LogP contribution is -2.28. The molecule has 7 nitrogen and oxygen atoms in total. The lowest BCUT2D eigenvalue weighted by atomic mass is 10.1. The number of rotatable bonds is 9. The summed E-state index contributed by atoms with van der Waals surface area (Å²) in [4.78, 5) is 30.6. The van der Waals surface area contributed by atoms with Crippen molar-refractivity contribution in [1.29, 1.82) is 0 Å². The maximum absolute atomic E-state index is 13.0. The minimum Gasteiger partial charge on any atom is -0.490 e. The molecule has 0 saturated carbocycles. The smallest absolute Gasteiger partial charge is 0.335 e. The SMILES string of the molecule is C=CCOc1c(Cl)cc(C=C2SC(=Nc3ccc(C(=O)O)cc3)N(CC)C2=O)cc1OCC. The van der Waals surface area contributed by atoms with Gasteiger partial charge in [-0.2, -0.15) is 0 Å². The Morgan fingerprint density at radius 3 is 2.58 bits per heavy atom. The third-order valence-electron chi connectivity index (χ3n) is 4.52. The van der Waals surface area contributed by atoms with Gasteiger partial charge in [0, 0.05) is 6.54 Å². The molecule has 2 aromatic carbocycles. The lowest BCUT2D eigenvalue weighted by Gasteiger charge is -2.13. The largest absolute Gasteiger partial charge is 0.490 e. The molecule has 0 radical (unpaired) electrons. The highest BCUT2D eigenvalue weighted by Gasteiger charge is 2.32. The summed E-state index contributed by atoms with van der Waals surface area (Å²) in [5.41, 5.74) is 1.42. The van der Waals surface area contributed by atoms with Crippen LogP contribution >= 0.6 is 23.4 Å². The van der Waals surface area contributed by atoms with E-state index in [9.17, 15) is 9.59 Å². The first-order valence-corrected chi connectivity index (χ1v) is 11.4. The van der Waals surface area contributed by atoms with Crippen LogP contribution in [0.1, 0.15) is 29.8 Å². The molecular formula is C24H23ClN2O5S. The molecule has 33 heavy (non-hydrogen) atoms. The van der Waals surface area contributed by atoms with Gasteiger partial charge in [-0.05, 0) is 73.6 Å². The van der Waals surface area contributed by atoms with E-state index in [0.29, 0.717) is 51.0 Å². The van der Waals surface area contributed by atoms with E-state index < -0.39 is 5.97 Å². The molecule has 0 aromatic heterocycles. The number of carbonyl (C=O) groups excluding carboxylic acids is 1. The van der Waals surface area contributed by atoms with Crippen molar-refractivity contribution in [2.24, 2.45) is 4.99 Å². The fourth-order valence-corrected chi connectivity index (χ4v) is 4.36. The number of benzene rings is 2. The van der Waals surface area contributed by atoms with Crippen LogP contribution in [0.2, 0.25) is 5.02 Å². The van der Waals surface area contributed by atoms with Crippen LogP contribution in [0.25, 0.3) is 6.08 Å². The Morgan fingerprint density at radius 1 is 1.24 bits per heavy atom. The lowest BCUT2D eigenvalue weighted by molar-refractivity contribution is -0.122. The number of halogens is 1. The molecule has 0 spiro atoms. The van der Waals surface area contributed by atoms with Crippen molar-refractivity contribution in [2.75, 3.05) is 19.8 Å². The Labute approximate surface area is 201 Å². The van der Waals surface area contributed by atoms with Gasteiger partial charge in [-0.25, -0.2) is 9.79 Å². The third kappa shape index (κ3) is 5.77. The number of amides is 1. The Morgan fingerprint density at radius 2 is 1.97 bits per heavy atom. The molecule has 0 atom stereocenters. The molecule has 1 fully saturated rings. The number of ether oxygens (including phenoxy) is 2. The van der Waals surface area contributed by atoms with Gasteiger partial charge in [-0.1, -0.05) is 24.3 Å². The highest BCUT2D eigenvalue weighted by molar-refractivity contribution is 8.18. The second-order valence-electron chi connectivity index (χ2n) is 6.77. The van der Waals surface area contributed by atoms with Gasteiger partial charge in [-0.3, -0.25) is 9.69 Å². The van der Waals surface area contributed by atoms with Gasteiger partial charge in [0.15, 0.2) is 16.7 Å². The predicted octanol–water partition coefficient (Wildman–Crippen LogP) is 5.63. The zero-order valence-electron chi connectivity index (χ0n) is 18.2. The summed E-state index contributed by atoms with van der Waals surface area (Å²) in [7, 11) is 0. The number of amidine groups is 1. The predicted molar refractivity (Wildman–Crippen MR) is 132 cm³/mol. The highest BCUT2D eigenvalue weighted by Crippen LogP contribution is 2.39. The molecule has 1 aliphatic rings. The highest BCUT2D eigenvalue weighted by atomic mass is 35.5. The standard InChI is InChI=1S/C24H23ClN2O5S/c1-4-11-32-21-18(25)12-15(13-19(21)31-6-3)14-20-22(28)27(5-2)24(33-20)26-17-9-7-16(8-10-17)23(29)30/h4,7-10,12-14H,1,5-6,11H2,2-3H3,(H,29,30). The number of aliphatic imine (C=N–C) groups is 1. The number of likely N-dealkylation sites (N-methyl/N-ethyl adjacent to an activating group) is 1. The van der Waals surface area contributed by atoms with E-state index >= 15 is 0 Å². The first kappa shape index (κ1) is 24.4. The van der Waals surface area contributed by atoms with E-state index in [2.05, 4.69) is 11.6 Å². The third-order valence-corrected chi connectivity index (χ3v) is 5.81. The number of nitrogens with zero attached hydrogens (tertiary/aromatic N) is 2. The van der Waals surface area contributed by atoms with E-state index in [4.69, 9.17) is 26.2 Å². The summed E-state index contributed by atoms with van der Waals surface area (Å²) < 4.78 is 11.3. The van der Waals surface area contributed by atoms with Crippen molar-refractivity contribution >= 4 is 52.2 Å². The Bertz CT molecular complexity index is 1130. The quantitative estimate of drug-likeness (QED) is 0.365. The Balaban J connectivity index is 1.93. The van der Waals surface area contributed by atoms with E-state index in [0.717, 1.165) is 0 Å². The van der Waals surface area contributed by atoms with Gasteiger partial charge in [0.2, 0.25) is 0 Å². The van der Waals surface area contributed by atoms with Crippen molar-refractivity contribution in [3.05, 3.63) is 70.1 Å². The monoisotopic (exact) mass is 486 g/mol. The van der Waals surface area contributed by atoms with Gasteiger partial charge in [-0.15, -0.1) is 0 Å². The summed E-state index contributed by atoms with van der Waals surface area (Å²) in [6.07, 6.45) is 3.35. The fraction of sp³-hybridized carbons (Fsp3) is 0.208. The maximum Gasteiger partial charge on any atom is 0.335 e. The van der Waals surface area contributed by atoms with Gasteiger partial charge < -0.3 is 14.6 Å². The van der Waals surface area contributed by atoms with Crippen molar-refractivity contribution in [3.8, 4) is 11.5 Å². The van der Waals surface area contributed by atoms with E-state index in [1.54, 1.807) is 41.3 Å². The summed E-state index contributed by atoms with van der Waals surface area (Å²) in [6, 6.07) is 9.64. The van der Waals surface area contributed by atoms with Gasteiger partial charge in [0.1, 0.15) is 6.61 Å². The van der Waals surface area contributed by atoms with Gasteiger partial charge in [0.05, 0.1) is 27.8 Å². The molecule has 1 amide bonds. The number of carbonyl (C=O) groups is 2. The molecule has 1 saturated heterocycles. The number of carboxylic acids is 1. The molecule has 1 heterocycles. The second kappa shape index (κ2) is 11.1. The van der Waals surface area contributed by atoms with Crippen LogP contribution in [0.3, 0.4) is 0 Å². The minimum absolute atomic E-state index is 0.171. The summed E-state index contributed by atoms with van der Waals surface area (Å²) in [5.74, 6) is -0.280. The van der Waals surface area contributed by atoms with Gasteiger partial charge in [0.25, 0.3) is 5.91 Å². The Kier molecular flexibility index (Phi) is 8.19. The number of carboxylic acid groups (broad SMARTS) is 1. The van der Waals surface area contributed by atoms with Crippen LogP contribution in [0.15, 0.2) is 59.0 Å². The van der Waals surface area contributed by atoms with E-state index in [1.165, 1.54) is 23.9 Å². The molecule has 0 aliphatic carbocycles. The molecule has 3 rings (SSSR count). The summed E-state index contributed by atoms with van der Waals surface area (Å²) in [6.45, 7) is 8.51. The van der Waals surface area contributed by atoms with Crippen LogP contribution < -0.4 is 9.47 Å². The number of hydrogen-bond acceptors (Lipinski definition) is 6. The summed E-state index contributed by atoms with van der Waals surface area (Å²) in [5, 5.41) is 9.93. The first-order valence-electron chi connectivity index (χ1n) is 10.2. The molecule has 9 heteroatoms. The molecule has 1 N–H and O–H groups in total. The number of aromatic carboxylic acids is 1. The normalized spacial score (nSPS) is 15.8. The fourth-order valence-electron chi connectivity index (χ4n) is 3.03. The number of hydrogen-bond donors (Lipinski definition) is 1.